The van der Waals surface area contributed by atoms with Crippen molar-refractivity contribution in [3.8, 4) is 5.75 Å². The number of halogens is 1. The van der Waals surface area contributed by atoms with Gasteiger partial charge in [0.15, 0.2) is 0 Å². The molecule has 1 rings (SSSR count). The maximum Gasteiger partial charge on any atom is 0.251 e. The highest BCUT2D eigenvalue weighted by Gasteiger charge is 2.05. The first-order valence-corrected chi connectivity index (χ1v) is 6.85. The fourth-order valence-electron chi connectivity index (χ4n) is 1.45. The number of carbonyl (C=O) groups excluding carboxylic acids is 1. The number of alkyl halides is 1. The van der Waals surface area contributed by atoms with Crippen molar-refractivity contribution in [1.82, 2.24) is 5.32 Å². The zero-order chi connectivity index (χ0) is 14.1. The number of nitrogens with one attached hydrogen (secondary N) is 1. The Balaban J connectivity index is 2.36. The summed E-state index contributed by atoms with van der Waals surface area (Å²) in [7, 11) is 0. The second-order valence-electron chi connectivity index (χ2n) is 4.25. The molecule has 0 saturated heterocycles. The highest BCUT2D eigenvalue weighted by atomic mass is 35.5. The van der Waals surface area contributed by atoms with Crippen LogP contribution in [0.3, 0.4) is 0 Å². The minimum atomic E-state index is -0.120. The van der Waals surface area contributed by atoms with Gasteiger partial charge in [-0.25, -0.2) is 0 Å². The molecule has 0 aliphatic heterocycles. The van der Waals surface area contributed by atoms with Gasteiger partial charge in [0.25, 0.3) is 5.91 Å². The molecule has 0 spiro atoms. The Morgan fingerprint density at radius 3 is 2.53 bits per heavy atom. The van der Waals surface area contributed by atoms with Crippen LogP contribution in [0.4, 0.5) is 0 Å². The Bertz CT molecular complexity index is 379. The van der Waals surface area contributed by atoms with Gasteiger partial charge in [0.2, 0.25) is 0 Å². The average molecular weight is 286 g/mol. The van der Waals surface area contributed by atoms with Crippen molar-refractivity contribution < 1.29 is 14.3 Å². The van der Waals surface area contributed by atoms with E-state index in [4.69, 9.17) is 21.1 Å². The van der Waals surface area contributed by atoms with E-state index in [0.29, 0.717) is 31.2 Å². The molecule has 0 aliphatic carbocycles. The van der Waals surface area contributed by atoms with Gasteiger partial charge in [-0.1, -0.05) is 0 Å². The van der Waals surface area contributed by atoms with Crippen molar-refractivity contribution in [2.45, 2.75) is 20.0 Å². The normalized spacial score (nSPS) is 10.5. The number of ether oxygens (including phenoxy) is 2. The molecule has 4 nitrogen and oxygen atoms in total. The molecule has 106 valence electrons. The lowest BCUT2D eigenvalue weighted by molar-refractivity contribution is 0.0923. The molecule has 0 fully saturated rings. The molecule has 0 heterocycles. The van der Waals surface area contributed by atoms with Crippen LogP contribution in [0.1, 0.15) is 24.2 Å². The Hall–Kier alpha value is -1.26. The molecule has 1 N–H and O–H groups in total. The third kappa shape index (κ3) is 6.45. The zero-order valence-electron chi connectivity index (χ0n) is 11.3. The SMILES string of the molecule is CC(C)Oc1ccc(C(=O)NCCOCCCl)cc1. The molecule has 0 aliphatic rings. The zero-order valence-corrected chi connectivity index (χ0v) is 12.1. The van der Waals surface area contributed by atoms with Crippen LogP contribution in [0, 0.1) is 0 Å². The van der Waals surface area contributed by atoms with Crippen LogP contribution in [-0.4, -0.2) is 37.6 Å². The number of rotatable bonds is 8. The number of hydrogen-bond donors (Lipinski definition) is 1. The van der Waals surface area contributed by atoms with E-state index < -0.39 is 0 Å². The van der Waals surface area contributed by atoms with Gasteiger partial charge in [0.05, 0.1) is 19.3 Å². The lowest BCUT2D eigenvalue weighted by Crippen LogP contribution is -2.27. The number of benzene rings is 1. The molecule has 0 bridgehead atoms. The van der Waals surface area contributed by atoms with Crippen molar-refractivity contribution >= 4 is 17.5 Å². The van der Waals surface area contributed by atoms with Gasteiger partial charge in [-0.3, -0.25) is 4.79 Å². The minimum Gasteiger partial charge on any atom is -0.491 e. The second kappa shape index (κ2) is 8.77. The van der Waals surface area contributed by atoms with Crippen LogP contribution >= 0.6 is 11.6 Å². The number of carbonyl (C=O) groups is 1. The quantitative estimate of drug-likeness (QED) is 0.589. The molecule has 0 aromatic heterocycles. The van der Waals surface area contributed by atoms with Crippen LogP contribution in [-0.2, 0) is 4.74 Å². The summed E-state index contributed by atoms with van der Waals surface area (Å²) in [5.74, 6) is 1.10. The molecule has 0 atom stereocenters. The monoisotopic (exact) mass is 285 g/mol. The maximum absolute atomic E-state index is 11.8. The average Bonchev–Trinajstić information content (AvgIpc) is 2.38. The summed E-state index contributed by atoms with van der Waals surface area (Å²) in [6, 6.07) is 7.07. The molecule has 1 aromatic rings. The predicted octanol–water partition coefficient (Wildman–Crippen LogP) is 2.46. The van der Waals surface area contributed by atoms with Crippen LogP contribution in [0.15, 0.2) is 24.3 Å². The fraction of sp³-hybridized carbons (Fsp3) is 0.500. The minimum absolute atomic E-state index is 0.120. The Kier molecular flexibility index (Phi) is 7.30. The molecule has 5 heteroatoms. The molecule has 0 unspecified atom stereocenters. The van der Waals surface area contributed by atoms with Gasteiger partial charge in [0, 0.05) is 18.0 Å². The third-order valence-electron chi connectivity index (χ3n) is 2.24. The Labute approximate surface area is 119 Å². The van der Waals surface area contributed by atoms with Gasteiger partial charge in [-0.2, -0.15) is 0 Å². The Morgan fingerprint density at radius 1 is 1.26 bits per heavy atom. The number of amides is 1. The lowest BCUT2D eigenvalue weighted by atomic mass is 10.2. The standard InChI is InChI=1S/C14H20ClNO3/c1-11(2)19-13-5-3-12(4-6-13)14(17)16-8-10-18-9-7-15/h3-6,11H,7-10H2,1-2H3,(H,16,17). The van der Waals surface area contributed by atoms with Crippen LogP contribution in [0.2, 0.25) is 0 Å². The molecule has 0 radical (unpaired) electrons. The van der Waals surface area contributed by atoms with Crippen molar-refractivity contribution in [2.24, 2.45) is 0 Å². The summed E-state index contributed by atoms with van der Waals surface area (Å²) in [6.07, 6.45) is 0.124. The molecule has 1 amide bonds. The van der Waals surface area contributed by atoms with Crippen LogP contribution in [0.25, 0.3) is 0 Å². The Morgan fingerprint density at radius 2 is 1.95 bits per heavy atom. The molecular weight excluding hydrogens is 266 g/mol. The van der Waals surface area contributed by atoms with Crippen molar-refractivity contribution in [3.05, 3.63) is 29.8 Å². The summed E-state index contributed by atoms with van der Waals surface area (Å²) >= 11 is 5.47. The van der Waals surface area contributed by atoms with Crippen molar-refractivity contribution in [3.63, 3.8) is 0 Å². The lowest BCUT2D eigenvalue weighted by Gasteiger charge is -2.10. The van der Waals surface area contributed by atoms with E-state index in [1.165, 1.54) is 0 Å². The summed E-state index contributed by atoms with van der Waals surface area (Å²) < 4.78 is 10.7. The van der Waals surface area contributed by atoms with E-state index in [0.717, 1.165) is 5.75 Å². The summed E-state index contributed by atoms with van der Waals surface area (Å²) in [4.78, 5) is 11.8. The summed E-state index contributed by atoms with van der Waals surface area (Å²) in [5.41, 5.74) is 0.605. The van der Waals surface area contributed by atoms with Gasteiger partial charge < -0.3 is 14.8 Å². The van der Waals surface area contributed by atoms with E-state index >= 15 is 0 Å². The van der Waals surface area contributed by atoms with E-state index in [1.54, 1.807) is 24.3 Å². The molecule has 19 heavy (non-hydrogen) atoms. The first-order valence-electron chi connectivity index (χ1n) is 6.32. The van der Waals surface area contributed by atoms with E-state index in [-0.39, 0.29) is 12.0 Å². The van der Waals surface area contributed by atoms with Crippen molar-refractivity contribution in [2.75, 3.05) is 25.6 Å². The smallest absolute Gasteiger partial charge is 0.251 e. The first-order chi connectivity index (χ1) is 9.13. The maximum atomic E-state index is 11.8. The summed E-state index contributed by atoms with van der Waals surface area (Å²) in [6.45, 7) is 5.36. The van der Waals surface area contributed by atoms with Gasteiger partial charge in [0.1, 0.15) is 5.75 Å². The fourth-order valence-corrected chi connectivity index (χ4v) is 1.56. The molecular formula is C14H20ClNO3. The highest BCUT2D eigenvalue weighted by molar-refractivity contribution is 6.17. The molecule has 1 aromatic carbocycles. The van der Waals surface area contributed by atoms with E-state index in [1.807, 2.05) is 13.8 Å². The van der Waals surface area contributed by atoms with Crippen LogP contribution in [0.5, 0.6) is 5.75 Å². The largest absolute Gasteiger partial charge is 0.491 e. The summed E-state index contributed by atoms with van der Waals surface area (Å²) in [5, 5.41) is 2.77. The van der Waals surface area contributed by atoms with Gasteiger partial charge in [-0.05, 0) is 38.1 Å². The van der Waals surface area contributed by atoms with E-state index in [2.05, 4.69) is 5.32 Å². The second-order valence-corrected chi connectivity index (χ2v) is 4.63. The number of hydrogen-bond acceptors (Lipinski definition) is 3. The first kappa shape index (κ1) is 15.8. The van der Waals surface area contributed by atoms with Gasteiger partial charge in [-0.15, -0.1) is 11.6 Å². The topological polar surface area (TPSA) is 47.6 Å². The van der Waals surface area contributed by atoms with Crippen LogP contribution < -0.4 is 10.1 Å². The predicted molar refractivity (Wildman–Crippen MR) is 76.1 cm³/mol. The highest BCUT2D eigenvalue weighted by Crippen LogP contribution is 2.13. The van der Waals surface area contributed by atoms with E-state index in [9.17, 15) is 4.79 Å². The third-order valence-corrected chi connectivity index (χ3v) is 2.40. The molecule has 0 saturated carbocycles. The van der Waals surface area contributed by atoms with Gasteiger partial charge >= 0.3 is 0 Å². The van der Waals surface area contributed by atoms with Crippen molar-refractivity contribution in [1.29, 1.82) is 0 Å².